The molecule has 0 radical (unpaired) electrons. The first-order chi connectivity index (χ1) is 15.1. The van der Waals surface area contributed by atoms with Crippen LogP contribution in [-0.4, -0.2) is 41.2 Å². The van der Waals surface area contributed by atoms with E-state index in [1.165, 1.54) is 22.3 Å². The number of piperidine rings is 1. The summed E-state index contributed by atoms with van der Waals surface area (Å²) in [5, 5.41) is 9.11. The quantitative estimate of drug-likeness (QED) is 0.649. The van der Waals surface area contributed by atoms with Gasteiger partial charge in [0, 0.05) is 31.5 Å². The van der Waals surface area contributed by atoms with E-state index in [0.29, 0.717) is 13.1 Å². The number of hydrogen-bond acceptors (Lipinski definition) is 3. The molecule has 0 saturated carbocycles. The molecule has 0 aromatic heterocycles. The lowest BCUT2D eigenvalue weighted by atomic mass is 9.82. The molecule has 2 heterocycles. The van der Waals surface area contributed by atoms with Crippen molar-refractivity contribution in [2.24, 2.45) is 0 Å². The minimum absolute atomic E-state index is 0.0875. The van der Waals surface area contributed by atoms with E-state index in [4.69, 9.17) is 9.84 Å². The number of aliphatic carboxylic acids is 1. The molecule has 1 saturated heterocycles. The van der Waals surface area contributed by atoms with Crippen molar-refractivity contribution in [2.75, 3.05) is 19.6 Å². The van der Waals surface area contributed by atoms with Crippen LogP contribution in [0.4, 0.5) is 0 Å². The number of ether oxygens (including phenoxy) is 1. The first-order valence-corrected chi connectivity index (χ1v) is 10.7. The van der Waals surface area contributed by atoms with Gasteiger partial charge in [-0.25, -0.2) is 0 Å². The van der Waals surface area contributed by atoms with Crippen LogP contribution in [0.5, 0.6) is 5.75 Å². The molecule has 1 N–H and O–H groups in total. The van der Waals surface area contributed by atoms with E-state index in [9.17, 15) is 4.79 Å². The van der Waals surface area contributed by atoms with Gasteiger partial charge in [-0.05, 0) is 34.4 Å². The normalized spacial score (nSPS) is 17.5. The summed E-state index contributed by atoms with van der Waals surface area (Å²) in [7, 11) is 0. The molecule has 0 unspecified atom stereocenters. The Bertz CT molecular complexity index is 1110. The standard InChI is InChI=1S/C27H25NO3/c29-26(30)19-28-16-14-27(15-17-28)18-24(23-8-4-5-9-25(23)31-27)22-12-10-21(11-13-22)20-6-2-1-3-7-20/h1-13,18H,14-17,19H2,(H,29,30). The molecule has 1 spiro atoms. The van der Waals surface area contributed by atoms with Crippen molar-refractivity contribution in [1.29, 1.82) is 0 Å². The molecule has 31 heavy (non-hydrogen) atoms. The predicted octanol–water partition coefficient (Wildman–Crippen LogP) is 5.10. The van der Waals surface area contributed by atoms with Crippen molar-refractivity contribution in [1.82, 2.24) is 4.90 Å². The summed E-state index contributed by atoms with van der Waals surface area (Å²) in [5.74, 6) is 0.124. The zero-order chi connectivity index (χ0) is 21.3. The molecule has 4 nitrogen and oxygen atoms in total. The van der Waals surface area contributed by atoms with Crippen LogP contribution >= 0.6 is 0 Å². The minimum Gasteiger partial charge on any atom is -0.482 e. The molecule has 2 aliphatic heterocycles. The number of rotatable bonds is 4. The van der Waals surface area contributed by atoms with Gasteiger partial charge < -0.3 is 9.84 Å². The molecule has 2 aliphatic rings. The molecule has 3 aromatic rings. The number of carbonyl (C=O) groups is 1. The molecule has 5 rings (SSSR count). The highest BCUT2D eigenvalue weighted by molar-refractivity contribution is 5.85. The number of likely N-dealkylation sites (tertiary alicyclic amines) is 1. The number of carboxylic acids is 1. The summed E-state index contributed by atoms with van der Waals surface area (Å²) in [6.07, 6.45) is 3.82. The van der Waals surface area contributed by atoms with Gasteiger partial charge in [-0.15, -0.1) is 0 Å². The van der Waals surface area contributed by atoms with Gasteiger partial charge in [0.15, 0.2) is 0 Å². The largest absolute Gasteiger partial charge is 0.482 e. The molecule has 0 amide bonds. The van der Waals surface area contributed by atoms with Crippen LogP contribution in [0.25, 0.3) is 16.7 Å². The first kappa shape index (κ1) is 19.6. The molecule has 0 bridgehead atoms. The zero-order valence-electron chi connectivity index (χ0n) is 17.3. The Morgan fingerprint density at radius 2 is 1.45 bits per heavy atom. The maximum atomic E-state index is 11.1. The number of nitrogens with zero attached hydrogens (tertiary/aromatic N) is 1. The lowest BCUT2D eigenvalue weighted by molar-refractivity contribution is -0.139. The monoisotopic (exact) mass is 411 g/mol. The van der Waals surface area contributed by atoms with Gasteiger partial charge in [0.05, 0.1) is 6.54 Å². The van der Waals surface area contributed by atoms with Gasteiger partial charge in [-0.2, -0.15) is 0 Å². The van der Waals surface area contributed by atoms with Crippen LogP contribution in [-0.2, 0) is 4.79 Å². The van der Waals surface area contributed by atoms with E-state index in [-0.39, 0.29) is 6.54 Å². The number of benzene rings is 3. The number of fused-ring (bicyclic) bond motifs is 1. The smallest absolute Gasteiger partial charge is 0.317 e. The second-order valence-electron chi connectivity index (χ2n) is 8.33. The maximum Gasteiger partial charge on any atom is 0.317 e. The predicted molar refractivity (Wildman–Crippen MR) is 122 cm³/mol. The Morgan fingerprint density at radius 1 is 0.839 bits per heavy atom. The van der Waals surface area contributed by atoms with E-state index in [2.05, 4.69) is 60.7 Å². The summed E-state index contributed by atoms with van der Waals surface area (Å²) in [4.78, 5) is 13.1. The Morgan fingerprint density at radius 3 is 2.16 bits per heavy atom. The molecule has 4 heteroatoms. The van der Waals surface area contributed by atoms with Crippen LogP contribution < -0.4 is 4.74 Å². The highest BCUT2D eigenvalue weighted by Crippen LogP contribution is 2.43. The van der Waals surface area contributed by atoms with Crippen molar-refractivity contribution in [3.8, 4) is 16.9 Å². The van der Waals surface area contributed by atoms with Crippen LogP contribution in [0.1, 0.15) is 24.0 Å². The Balaban J connectivity index is 1.48. The fourth-order valence-electron chi connectivity index (χ4n) is 4.61. The highest BCUT2D eigenvalue weighted by atomic mass is 16.5. The molecular weight excluding hydrogens is 386 g/mol. The molecule has 1 fully saturated rings. The summed E-state index contributed by atoms with van der Waals surface area (Å²) < 4.78 is 6.51. The third kappa shape index (κ3) is 3.99. The second kappa shape index (κ2) is 8.05. The molecule has 3 aromatic carbocycles. The number of para-hydroxylation sites is 1. The minimum atomic E-state index is -0.777. The van der Waals surface area contributed by atoms with Gasteiger partial charge in [0.25, 0.3) is 0 Å². The van der Waals surface area contributed by atoms with Crippen molar-refractivity contribution in [2.45, 2.75) is 18.4 Å². The number of carboxylic acid groups (broad SMARTS) is 1. The maximum absolute atomic E-state index is 11.1. The van der Waals surface area contributed by atoms with E-state index < -0.39 is 11.6 Å². The van der Waals surface area contributed by atoms with Gasteiger partial charge in [0.2, 0.25) is 0 Å². The van der Waals surface area contributed by atoms with E-state index in [0.717, 1.165) is 24.2 Å². The summed E-state index contributed by atoms with van der Waals surface area (Å²) in [6, 6.07) is 27.3. The van der Waals surface area contributed by atoms with Crippen LogP contribution in [0.2, 0.25) is 0 Å². The van der Waals surface area contributed by atoms with Crippen molar-refractivity contribution >= 4 is 11.5 Å². The second-order valence-corrected chi connectivity index (χ2v) is 8.33. The molecular formula is C27H25NO3. The van der Waals surface area contributed by atoms with Crippen LogP contribution in [0.3, 0.4) is 0 Å². The lowest BCUT2D eigenvalue weighted by Crippen LogP contribution is -2.49. The molecule has 0 aliphatic carbocycles. The van der Waals surface area contributed by atoms with Crippen LogP contribution in [0, 0.1) is 0 Å². The van der Waals surface area contributed by atoms with Crippen molar-refractivity contribution in [3.63, 3.8) is 0 Å². The first-order valence-electron chi connectivity index (χ1n) is 10.7. The van der Waals surface area contributed by atoms with E-state index in [1.54, 1.807) is 0 Å². The van der Waals surface area contributed by atoms with Gasteiger partial charge in [0.1, 0.15) is 11.4 Å². The SMILES string of the molecule is O=C(O)CN1CCC2(C=C(c3ccc(-c4ccccc4)cc3)c3ccccc3O2)CC1. The Kier molecular flexibility index (Phi) is 5.08. The van der Waals surface area contributed by atoms with Gasteiger partial charge in [-0.3, -0.25) is 9.69 Å². The van der Waals surface area contributed by atoms with Crippen LogP contribution in [0.15, 0.2) is 84.9 Å². The Labute approximate surface area is 182 Å². The number of hydrogen-bond donors (Lipinski definition) is 1. The molecule has 0 atom stereocenters. The zero-order valence-corrected chi connectivity index (χ0v) is 17.3. The van der Waals surface area contributed by atoms with E-state index >= 15 is 0 Å². The highest BCUT2D eigenvalue weighted by Gasteiger charge is 2.39. The van der Waals surface area contributed by atoms with Crippen molar-refractivity contribution < 1.29 is 14.6 Å². The topological polar surface area (TPSA) is 49.8 Å². The summed E-state index contributed by atoms with van der Waals surface area (Å²) in [6.45, 7) is 1.51. The van der Waals surface area contributed by atoms with Gasteiger partial charge >= 0.3 is 5.97 Å². The van der Waals surface area contributed by atoms with Crippen molar-refractivity contribution in [3.05, 3.63) is 96.1 Å². The summed E-state index contributed by atoms with van der Waals surface area (Å²) in [5.41, 5.74) is 5.47. The Hall–Kier alpha value is -3.37. The fraction of sp³-hybridized carbons (Fsp3) is 0.222. The third-order valence-electron chi connectivity index (χ3n) is 6.26. The average Bonchev–Trinajstić information content (AvgIpc) is 2.81. The summed E-state index contributed by atoms with van der Waals surface area (Å²) >= 11 is 0. The third-order valence-corrected chi connectivity index (χ3v) is 6.26. The van der Waals surface area contributed by atoms with Gasteiger partial charge in [-0.1, -0.05) is 72.8 Å². The lowest BCUT2D eigenvalue weighted by Gasteiger charge is -2.42. The van der Waals surface area contributed by atoms with E-state index in [1.807, 2.05) is 29.2 Å². The average molecular weight is 412 g/mol. The fourth-order valence-corrected chi connectivity index (χ4v) is 4.61. The molecule has 156 valence electrons.